The molecule has 0 aliphatic carbocycles. The summed E-state index contributed by atoms with van der Waals surface area (Å²) in [5.74, 6) is 1.50. The third kappa shape index (κ3) is 5.25. The highest BCUT2D eigenvalue weighted by molar-refractivity contribution is 6.06. The number of rotatable bonds is 7. The topological polar surface area (TPSA) is 41.6 Å². The molecule has 1 aliphatic rings. The average molecular weight is 367 g/mol. The van der Waals surface area contributed by atoms with E-state index in [1.165, 1.54) is 12.8 Å². The highest BCUT2D eigenvalue weighted by Gasteiger charge is 2.19. The number of piperidine rings is 1. The van der Waals surface area contributed by atoms with Crippen molar-refractivity contribution in [2.45, 2.75) is 39.5 Å². The number of benzene rings is 2. The fourth-order valence-corrected chi connectivity index (χ4v) is 3.34. The maximum Gasteiger partial charge on any atom is 0.255 e. The van der Waals surface area contributed by atoms with Crippen molar-refractivity contribution in [2.24, 2.45) is 5.92 Å². The van der Waals surface area contributed by atoms with E-state index in [1.807, 2.05) is 42.5 Å². The van der Waals surface area contributed by atoms with Gasteiger partial charge in [0, 0.05) is 18.7 Å². The number of hydrogen-bond donors (Lipinski definition) is 1. The highest BCUT2D eigenvalue weighted by Crippen LogP contribution is 2.30. The summed E-state index contributed by atoms with van der Waals surface area (Å²) in [6.07, 6.45) is 4.54. The fourth-order valence-electron chi connectivity index (χ4n) is 3.34. The number of unbranched alkanes of at least 4 members (excludes halogenated alkanes) is 1. The largest absolute Gasteiger partial charge is 0.494 e. The van der Waals surface area contributed by atoms with Gasteiger partial charge in [-0.15, -0.1) is 0 Å². The molecule has 0 aromatic heterocycles. The third-order valence-corrected chi connectivity index (χ3v) is 5.16. The molecule has 0 radical (unpaired) electrons. The summed E-state index contributed by atoms with van der Waals surface area (Å²) in [6.45, 7) is 7.24. The average Bonchev–Trinajstić information content (AvgIpc) is 2.70. The van der Waals surface area contributed by atoms with E-state index in [-0.39, 0.29) is 5.91 Å². The minimum atomic E-state index is -0.0899. The van der Waals surface area contributed by atoms with Crippen LogP contribution in [0.3, 0.4) is 0 Å². The van der Waals surface area contributed by atoms with Crippen LogP contribution in [0.25, 0.3) is 0 Å². The number of anilines is 2. The van der Waals surface area contributed by atoms with Crippen LogP contribution in [0.2, 0.25) is 0 Å². The Hall–Kier alpha value is -2.49. The first kappa shape index (κ1) is 19.3. The van der Waals surface area contributed by atoms with Crippen molar-refractivity contribution < 1.29 is 9.53 Å². The monoisotopic (exact) mass is 366 g/mol. The van der Waals surface area contributed by atoms with Crippen LogP contribution in [0, 0.1) is 5.92 Å². The molecular formula is C23H30N2O2. The Bertz CT molecular complexity index is 734. The number of ether oxygens (including phenoxy) is 1. The molecule has 0 unspecified atom stereocenters. The zero-order chi connectivity index (χ0) is 19.1. The molecule has 4 nitrogen and oxygen atoms in total. The molecule has 1 heterocycles. The molecule has 2 aromatic rings. The van der Waals surface area contributed by atoms with E-state index in [2.05, 4.69) is 30.1 Å². The second-order valence-corrected chi connectivity index (χ2v) is 7.37. The van der Waals surface area contributed by atoms with Crippen LogP contribution < -0.4 is 15.0 Å². The number of para-hydroxylation sites is 2. The van der Waals surface area contributed by atoms with Gasteiger partial charge >= 0.3 is 0 Å². The predicted molar refractivity (Wildman–Crippen MR) is 112 cm³/mol. The molecule has 0 bridgehead atoms. The molecule has 4 heteroatoms. The Morgan fingerprint density at radius 1 is 1.11 bits per heavy atom. The number of nitrogens with one attached hydrogen (secondary N) is 1. The second kappa shape index (κ2) is 9.45. The lowest BCUT2D eigenvalue weighted by Gasteiger charge is -2.33. The Labute approximate surface area is 162 Å². The van der Waals surface area contributed by atoms with Gasteiger partial charge in [0.1, 0.15) is 5.75 Å². The van der Waals surface area contributed by atoms with E-state index < -0.39 is 0 Å². The lowest BCUT2D eigenvalue weighted by atomic mass is 9.98. The smallest absolute Gasteiger partial charge is 0.255 e. The summed E-state index contributed by atoms with van der Waals surface area (Å²) in [4.78, 5) is 15.1. The van der Waals surface area contributed by atoms with E-state index in [0.717, 1.165) is 49.0 Å². The van der Waals surface area contributed by atoms with Crippen LogP contribution in [0.15, 0.2) is 48.5 Å². The van der Waals surface area contributed by atoms with Crippen LogP contribution in [0.1, 0.15) is 49.9 Å². The Morgan fingerprint density at radius 2 is 1.81 bits per heavy atom. The summed E-state index contributed by atoms with van der Waals surface area (Å²) in [5, 5.41) is 3.09. The number of carbonyl (C=O) groups excluding carboxylic acids is 1. The molecular weight excluding hydrogens is 336 g/mol. The van der Waals surface area contributed by atoms with E-state index in [0.29, 0.717) is 12.2 Å². The van der Waals surface area contributed by atoms with Gasteiger partial charge < -0.3 is 15.0 Å². The van der Waals surface area contributed by atoms with Gasteiger partial charge in [0.2, 0.25) is 0 Å². The number of carbonyl (C=O) groups is 1. The van der Waals surface area contributed by atoms with E-state index >= 15 is 0 Å². The summed E-state index contributed by atoms with van der Waals surface area (Å²) < 4.78 is 5.67. The fraction of sp³-hybridized carbons (Fsp3) is 0.435. The standard InChI is InChI=1S/C23H30N2O2/c1-3-4-17-27-20-11-9-19(10-12-20)23(26)24-21-7-5-6-8-22(21)25-15-13-18(2)14-16-25/h5-12,18H,3-4,13-17H2,1-2H3,(H,24,26). The highest BCUT2D eigenvalue weighted by atomic mass is 16.5. The van der Waals surface area contributed by atoms with Crippen LogP contribution in [-0.4, -0.2) is 25.6 Å². The van der Waals surface area contributed by atoms with E-state index in [1.54, 1.807) is 0 Å². The maximum absolute atomic E-state index is 12.7. The summed E-state index contributed by atoms with van der Waals surface area (Å²) in [6, 6.07) is 15.4. The molecule has 1 saturated heterocycles. The normalized spacial score (nSPS) is 14.8. The van der Waals surface area contributed by atoms with E-state index in [9.17, 15) is 4.79 Å². The van der Waals surface area contributed by atoms with Gasteiger partial charge in [0.15, 0.2) is 0 Å². The summed E-state index contributed by atoms with van der Waals surface area (Å²) >= 11 is 0. The maximum atomic E-state index is 12.7. The molecule has 0 atom stereocenters. The predicted octanol–water partition coefficient (Wildman–Crippen LogP) is 5.35. The van der Waals surface area contributed by atoms with Gasteiger partial charge in [-0.3, -0.25) is 4.79 Å². The molecule has 3 rings (SSSR count). The van der Waals surface area contributed by atoms with Crippen molar-refractivity contribution in [1.29, 1.82) is 0 Å². The zero-order valence-corrected chi connectivity index (χ0v) is 16.4. The van der Waals surface area contributed by atoms with Crippen molar-refractivity contribution in [1.82, 2.24) is 0 Å². The van der Waals surface area contributed by atoms with Crippen molar-refractivity contribution in [3.8, 4) is 5.75 Å². The summed E-state index contributed by atoms with van der Waals surface area (Å²) in [5.41, 5.74) is 2.62. The van der Waals surface area contributed by atoms with Gasteiger partial charge in [-0.05, 0) is 61.6 Å². The van der Waals surface area contributed by atoms with Crippen LogP contribution in [-0.2, 0) is 0 Å². The molecule has 1 N–H and O–H groups in total. The van der Waals surface area contributed by atoms with Crippen LogP contribution in [0.4, 0.5) is 11.4 Å². The first-order valence-corrected chi connectivity index (χ1v) is 10.1. The Morgan fingerprint density at radius 3 is 2.52 bits per heavy atom. The van der Waals surface area contributed by atoms with Gasteiger partial charge in [-0.2, -0.15) is 0 Å². The SMILES string of the molecule is CCCCOc1ccc(C(=O)Nc2ccccc2N2CCC(C)CC2)cc1. The minimum absolute atomic E-state index is 0.0899. The molecule has 0 spiro atoms. The Balaban J connectivity index is 1.65. The van der Waals surface area contributed by atoms with Crippen LogP contribution >= 0.6 is 0 Å². The number of amides is 1. The minimum Gasteiger partial charge on any atom is -0.494 e. The molecule has 1 amide bonds. The molecule has 1 aliphatic heterocycles. The van der Waals surface area contributed by atoms with Gasteiger partial charge in [0.25, 0.3) is 5.91 Å². The first-order valence-electron chi connectivity index (χ1n) is 10.1. The number of hydrogen-bond acceptors (Lipinski definition) is 3. The first-order chi connectivity index (χ1) is 13.2. The molecule has 0 saturated carbocycles. The second-order valence-electron chi connectivity index (χ2n) is 7.37. The van der Waals surface area contributed by atoms with Crippen molar-refractivity contribution in [3.05, 3.63) is 54.1 Å². The molecule has 1 fully saturated rings. The quantitative estimate of drug-likeness (QED) is 0.671. The van der Waals surface area contributed by atoms with E-state index in [4.69, 9.17) is 4.74 Å². The van der Waals surface area contributed by atoms with Gasteiger partial charge in [0.05, 0.1) is 18.0 Å². The zero-order valence-electron chi connectivity index (χ0n) is 16.4. The summed E-state index contributed by atoms with van der Waals surface area (Å²) in [7, 11) is 0. The lowest BCUT2D eigenvalue weighted by Crippen LogP contribution is -2.33. The van der Waals surface area contributed by atoms with Crippen molar-refractivity contribution in [2.75, 3.05) is 29.9 Å². The molecule has 144 valence electrons. The molecule has 27 heavy (non-hydrogen) atoms. The number of nitrogens with zero attached hydrogens (tertiary/aromatic N) is 1. The third-order valence-electron chi connectivity index (χ3n) is 5.16. The Kier molecular flexibility index (Phi) is 6.74. The van der Waals surface area contributed by atoms with Gasteiger partial charge in [-0.25, -0.2) is 0 Å². The van der Waals surface area contributed by atoms with Gasteiger partial charge in [-0.1, -0.05) is 32.4 Å². The lowest BCUT2D eigenvalue weighted by molar-refractivity contribution is 0.102. The van der Waals surface area contributed by atoms with Crippen molar-refractivity contribution >= 4 is 17.3 Å². The van der Waals surface area contributed by atoms with Crippen LogP contribution in [0.5, 0.6) is 5.75 Å². The van der Waals surface area contributed by atoms with Crippen molar-refractivity contribution in [3.63, 3.8) is 0 Å². The molecule has 2 aromatic carbocycles.